The number of aliphatic carboxylic acids is 1. The Hall–Kier alpha value is -1.59. The summed E-state index contributed by atoms with van der Waals surface area (Å²) in [7, 11) is 0. The number of para-hydroxylation sites is 1. The van der Waals surface area contributed by atoms with Crippen molar-refractivity contribution in [1.29, 1.82) is 0 Å². The number of carboxylic acids is 1. The van der Waals surface area contributed by atoms with Crippen LogP contribution in [0.15, 0.2) is 22.6 Å². The van der Waals surface area contributed by atoms with Gasteiger partial charge in [0.25, 0.3) is 0 Å². The summed E-state index contributed by atoms with van der Waals surface area (Å²) in [5.41, 5.74) is 0.937. The highest BCUT2D eigenvalue weighted by atomic mass is 35.5. The number of carbonyl (C=O) groups is 1. The SMILES string of the molecule is O=C(O)C(O)c1cccc2oc(CCl)nc12. The number of aliphatic hydroxyl groups is 1. The molecule has 1 unspecified atom stereocenters. The average molecular weight is 242 g/mol. The Morgan fingerprint density at radius 3 is 2.94 bits per heavy atom. The number of halogens is 1. The normalized spacial score (nSPS) is 12.9. The molecule has 2 N–H and O–H groups in total. The summed E-state index contributed by atoms with van der Waals surface area (Å²) in [5.74, 6) is -0.943. The van der Waals surface area contributed by atoms with Gasteiger partial charge in [-0.1, -0.05) is 12.1 Å². The standard InChI is InChI=1S/C10H8ClNO4/c11-4-7-12-8-5(9(13)10(14)15)2-1-3-6(8)16-7/h1-3,9,13H,4H2,(H,14,15). The van der Waals surface area contributed by atoms with Gasteiger partial charge < -0.3 is 14.6 Å². The van der Waals surface area contributed by atoms with Crippen LogP contribution in [0.25, 0.3) is 11.1 Å². The summed E-state index contributed by atoms with van der Waals surface area (Å²) in [5, 5.41) is 18.2. The van der Waals surface area contributed by atoms with Gasteiger partial charge >= 0.3 is 5.97 Å². The number of nitrogens with zero attached hydrogens (tertiary/aromatic N) is 1. The summed E-state index contributed by atoms with van der Waals surface area (Å²) in [4.78, 5) is 14.7. The largest absolute Gasteiger partial charge is 0.479 e. The second-order valence-corrected chi connectivity index (χ2v) is 3.44. The Balaban J connectivity index is 2.60. The number of carboxylic acid groups (broad SMARTS) is 1. The molecule has 1 atom stereocenters. The van der Waals surface area contributed by atoms with E-state index in [1.807, 2.05) is 0 Å². The summed E-state index contributed by atoms with van der Waals surface area (Å²) in [6, 6.07) is 4.71. The fraction of sp³-hybridized carbons (Fsp3) is 0.200. The van der Waals surface area contributed by atoms with Crippen LogP contribution in [0.2, 0.25) is 0 Å². The molecular formula is C10H8ClNO4. The third kappa shape index (κ3) is 1.75. The van der Waals surface area contributed by atoms with Gasteiger partial charge in [-0.2, -0.15) is 0 Å². The van der Waals surface area contributed by atoms with E-state index in [0.29, 0.717) is 17.0 Å². The summed E-state index contributed by atoms with van der Waals surface area (Å²) in [6.45, 7) is 0. The molecule has 5 nitrogen and oxygen atoms in total. The molecular weight excluding hydrogens is 234 g/mol. The summed E-state index contributed by atoms with van der Waals surface area (Å²) >= 11 is 5.56. The Morgan fingerprint density at radius 1 is 1.56 bits per heavy atom. The number of fused-ring (bicyclic) bond motifs is 1. The van der Waals surface area contributed by atoms with Crippen molar-refractivity contribution >= 4 is 28.7 Å². The molecule has 0 aliphatic heterocycles. The zero-order valence-corrected chi connectivity index (χ0v) is 8.81. The van der Waals surface area contributed by atoms with Gasteiger partial charge in [-0.15, -0.1) is 11.6 Å². The predicted octanol–water partition coefficient (Wildman–Crippen LogP) is 1.68. The van der Waals surface area contributed by atoms with Crippen molar-refractivity contribution in [1.82, 2.24) is 4.98 Å². The molecule has 1 aromatic carbocycles. The van der Waals surface area contributed by atoms with E-state index in [1.54, 1.807) is 12.1 Å². The van der Waals surface area contributed by atoms with Gasteiger partial charge in [-0.25, -0.2) is 9.78 Å². The van der Waals surface area contributed by atoms with Crippen LogP contribution in [0.3, 0.4) is 0 Å². The molecule has 0 aliphatic rings. The van der Waals surface area contributed by atoms with E-state index in [-0.39, 0.29) is 11.4 Å². The Labute approximate surface area is 95.3 Å². The van der Waals surface area contributed by atoms with E-state index >= 15 is 0 Å². The van der Waals surface area contributed by atoms with Crippen LogP contribution in [-0.2, 0) is 10.7 Å². The van der Waals surface area contributed by atoms with Gasteiger partial charge in [-0.3, -0.25) is 0 Å². The number of aromatic nitrogens is 1. The molecule has 0 amide bonds. The van der Waals surface area contributed by atoms with Gasteiger partial charge in [0.15, 0.2) is 11.7 Å². The second kappa shape index (κ2) is 4.11. The first-order valence-electron chi connectivity index (χ1n) is 4.48. The molecule has 0 fully saturated rings. The molecule has 2 aromatic rings. The lowest BCUT2D eigenvalue weighted by molar-refractivity contribution is -0.146. The lowest BCUT2D eigenvalue weighted by atomic mass is 10.1. The van der Waals surface area contributed by atoms with Crippen LogP contribution in [0.5, 0.6) is 0 Å². The maximum Gasteiger partial charge on any atom is 0.337 e. The minimum Gasteiger partial charge on any atom is -0.479 e. The molecule has 0 saturated carbocycles. The highest BCUT2D eigenvalue weighted by Gasteiger charge is 2.21. The molecule has 16 heavy (non-hydrogen) atoms. The molecule has 2 rings (SSSR count). The van der Waals surface area contributed by atoms with Crippen LogP contribution < -0.4 is 0 Å². The van der Waals surface area contributed by atoms with E-state index < -0.39 is 12.1 Å². The lowest BCUT2D eigenvalue weighted by Gasteiger charge is -2.04. The Morgan fingerprint density at radius 2 is 2.31 bits per heavy atom. The fourth-order valence-electron chi connectivity index (χ4n) is 1.43. The number of aliphatic hydroxyl groups excluding tert-OH is 1. The van der Waals surface area contributed by atoms with Gasteiger partial charge in [-0.05, 0) is 6.07 Å². The van der Waals surface area contributed by atoms with Gasteiger partial charge in [0.05, 0.1) is 5.88 Å². The predicted molar refractivity (Wildman–Crippen MR) is 56.2 cm³/mol. The topological polar surface area (TPSA) is 83.6 Å². The van der Waals surface area contributed by atoms with Crippen LogP contribution in [0.4, 0.5) is 0 Å². The van der Waals surface area contributed by atoms with E-state index in [4.69, 9.17) is 21.1 Å². The molecule has 0 radical (unpaired) electrons. The number of rotatable bonds is 3. The average Bonchev–Trinajstić information content (AvgIpc) is 2.70. The van der Waals surface area contributed by atoms with Crippen LogP contribution in [-0.4, -0.2) is 21.2 Å². The van der Waals surface area contributed by atoms with Crippen LogP contribution >= 0.6 is 11.6 Å². The molecule has 0 saturated heterocycles. The number of hydrogen-bond donors (Lipinski definition) is 2. The fourth-order valence-corrected chi connectivity index (χ4v) is 1.54. The van der Waals surface area contributed by atoms with Crippen LogP contribution in [0, 0.1) is 0 Å². The van der Waals surface area contributed by atoms with Crippen molar-refractivity contribution in [3.05, 3.63) is 29.7 Å². The quantitative estimate of drug-likeness (QED) is 0.799. The number of hydrogen-bond acceptors (Lipinski definition) is 4. The van der Waals surface area contributed by atoms with Crippen LogP contribution in [0.1, 0.15) is 17.6 Å². The van der Waals surface area contributed by atoms with Crippen molar-refractivity contribution in [3.63, 3.8) is 0 Å². The van der Waals surface area contributed by atoms with Gasteiger partial charge in [0, 0.05) is 5.56 Å². The maximum absolute atomic E-state index is 10.7. The number of oxazole rings is 1. The highest BCUT2D eigenvalue weighted by molar-refractivity contribution is 6.16. The lowest BCUT2D eigenvalue weighted by Crippen LogP contribution is -2.10. The molecule has 0 aliphatic carbocycles. The molecule has 0 spiro atoms. The molecule has 0 bridgehead atoms. The first-order valence-corrected chi connectivity index (χ1v) is 5.02. The van der Waals surface area contributed by atoms with E-state index in [9.17, 15) is 9.90 Å². The van der Waals surface area contributed by atoms with E-state index in [0.717, 1.165) is 0 Å². The zero-order valence-electron chi connectivity index (χ0n) is 8.05. The van der Waals surface area contributed by atoms with Crippen molar-refractivity contribution in [2.24, 2.45) is 0 Å². The first-order chi connectivity index (χ1) is 7.63. The van der Waals surface area contributed by atoms with Crippen molar-refractivity contribution in [2.75, 3.05) is 0 Å². The maximum atomic E-state index is 10.7. The van der Waals surface area contributed by atoms with Crippen molar-refractivity contribution < 1.29 is 19.4 Å². The molecule has 84 valence electrons. The number of benzene rings is 1. The minimum absolute atomic E-state index is 0.0945. The zero-order chi connectivity index (χ0) is 11.7. The summed E-state index contributed by atoms with van der Waals surface area (Å²) in [6.07, 6.45) is -1.61. The second-order valence-electron chi connectivity index (χ2n) is 3.18. The molecule has 6 heteroatoms. The van der Waals surface area contributed by atoms with Crippen molar-refractivity contribution in [2.45, 2.75) is 12.0 Å². The van der Waals surface area contributed by atoms with E-state index in [2.05, 4.69) is 4.98 Å². The molecule has 1 heterocycles. The Kier molecular flexibility index (Phi) is 2.80. The van der Waals surface area contributed by atoms with E-state index in [1.165, 1.54) is 6.07 Å². The first kappa shape index (κ1) is 10.9. The third-order valence-electron chi connectivity index (χ3n) is 2.14. The third-order valence-corrected chi connectivity index (χ3v) is 2.37. The van der Waals surface area contributed by atoms with Gasteiger partial charge in [0.1, 0.15) is 5.52 Å². The number of alkyl halides is 1. The summed E-state index contributed by atoms with van der Waals surface area (Å²) < 4.78 is 5.24. The molecule has 1 aromatic heterocycles. The highest BCUT2D eigenvalue weighted by Crippen LogP contribution is 2.25. The Bertz CT molecular complexity index is 537. The van der Waals surface area contributed by atoms with Gasteiger partial charge in [0.2, 0.25) is 5.89 Å². The van der Waals surface area contributed by atoms with Crippen molar-refractivity contribution in [3.8, 4) is 0 Å². The smallest absolute Gasteiger partial charge is 0.337 e. The monoisotopic (exact) mass is 241 g/mol. The minimum atomic E-state index is -1.61.